The summed E-state index contributed by atoms with van der Waals surface area (Å²) in [5.41, 5.74) is 0.910. The van der Waals surface area contributed by atoms with Gasteiger partial charge in [-0.3, -0.25) is 9.69 Å². The van der Waals surface area contributed by atoms with Gasteiger partial charge in [0, 0.05) is 6.54 Å². The van der Waals surface area contributed by atoms with Gasteiger partial charge in [-0.05, 0) is 43.6 Å². The zero-order valence-electron chi connectivity index (χ0n) is 11.8. The lowest BCUT2D eigenvalue weighted by molar-refractivity contribution is -0.122. The highest BCUT2D eigenvalue weighted by atomic mass is 19.1. The summed E-state index contributed by atoms with van der Waals surface area (Å²) < 4.78 is 12.7. The maximum absolute atomic E-state index is 12.7. The predicted octanol–water partition coefficient (Wildman–Crippen LogP) is 2.56. The molecule has 1 amide bonds. The Morgan fingerprint density at radius 3 is 2.26 bits per heavy atom. The molecule has 0 atom stereocenters. The lowest BCUT2D eigenvalue weighted by Crippen LogP contribution is -2.37. The molecule has 1 aromatic rings. The predicted molar refractivity (Wildman–Crippen MR) is 75.3 cm³/mol. The first kappa shape index (κ1) is 15.6. The molecule has 0 bridgehead atoms. The van der Waals surface area contributed by atoms with Gasteiger partial charge in [-0.1, -0.05) is 26.0 Å². The van der Waals surface area contributed by atoms with E-state index in [-0.39, 0.29) is 11.7 Å². The van der Waals surface area contributed by atoms with Crippen molar-refractivity contribution in [3.63, 3.8) is 0 Å². The second-order valence-electron chi connectivity index (χ2n) is 4.68. The molecular weight excluding hydrogens is 243 g/mol. The van der Waals surface area contributed by atoms with Crippen molar-refractivity contribution in [2.45, 2.75) is 33.2 Å². The summed E-state index contributed by atoms with van der Waals surface area (Å²) in [4.78, 5) is 14.0. The number of hydrogen-bond donors (Lipinski definition) is 1. The number of amides is 1. The molecule has 4 heteroatoms. The van der Waals surface area contributed by atoms with Gasteiger partial charge in [0.2, 0.25) is 5.91 Å². The second kappa shape index (κ2) is 8.64. The van der Waals surface area contributed by atoms with E-state index in [9.17, 15) is 9.18 Å². The van der Waals surface area contributed by atoms with Crippen LogP contribution >= 0.6 is 0 Å². The molecule has 1 N–H and O–H groups in total. The van der Waals surface area contributed by atoms with Gasteiger partial charge >= 0.3 is 0 Å². The number of nitrogens with zero attached hydrogens (tertiary/aromatic N) is 1. The number of carbonyl (C=O) groups excluding carboxylic acids is 1. The van der Waals surface area contributed by atoms with E-state index >= 15 is 0 Å². The van der Waals surface area contributed by atoms with Gasteiger partial charge in [0.25, 0.3) is 0 Å². The van der Waals surface area contributed by atoms with Crippen LogP contribution < -0.4 is 5.32 Å². The van der Waals surface area contributed by atoms with Gasteiger partial charge in [0.05, 0.1) is 6.54 Å². The van der Waals surface area contributed by atoms with Crippen molar-refractivity contribution < 1.29 is 9.18 Å². The Kier molecular flexibility index (Phi) is 7.11. The molecule has 0 saturated heterocycles. The normalized spacial score (nSPS) is 10.7. The van der Waals surface area contributed by atoms with Crippen LogP contribution in [0.3, 0.4) is 0 Å². The summed E-state index contributed by atoms with van der Waals surface area (Å²) in [6, 6.07) is 6.18. The number of benzene rings is 1. The van der Waals surface area contributed by atoms with Crippen LogP contribution in [0.2, 0.25) is 0 Å². The van der Waals surface area contributed by atoms with Crippen LogP contribution in [0.15, 0.2) is 24.3 Å². The minimum Gasteiger partial charge on any atom is -0.351 e. The summed E-state index contributed by atoms with van der Waals surface area (Å²) in [6.45, 7) is 6.99. The zero-order chi connectivity index (χ0) is 14.1. The van der Waals surface area contributed by atoms with Crippen LogP contribution in [-0.4, -0.2) is 30.4 Å². The Morgan fingerprint density at radius 1 is 1.16 bits per heavy atom. The molecular formula is C15H23FN2O. The molecule has 1 rings (SSSR count). The molecule has 0 heterocycles. The van der Waals surface area contributed by atoms with Gasteiger partial charge in [-0.2, -0.15) is 0 Å². The molecule has 0 aliphatic carbocycles. The van der Waals surface area contributed by atoms with Crippen molar-refractivity contribution in [2.24, 2.45) is 0 Å². The number of hydrogen-bond acceptors (Lipinski definition) is 2. The first-order chi connectivity index (χ1) is 9.15. The van der Waals surface area contributed by atoms with E-state index in [4.69, 9.17) is 0 Å². The highest BCUT2D eigenvalue weighted by Gasteiger charge is 2.08. The van der Waals surface area contributed by atoms with Crippen molar-refractivity contribution in [3.8, 4) is 0 Å². The van der Waals surface area contributed by atoms with Crippen molar-refractivity contribution in [1.29, 1.82) is 0 Å². The van der Waals surface area contributed by atoms with Crippen LogP contribution in [0.1, 0.15) is 32.3 Å². The number of rotatable bonds is 8. The Bertz CT molecular complexity index is 372. The van der Waals surface area contributed by atoms with Crippen LogP contribution in [0.5, 0.6) is 0 Å². The highest BCUT2D eigenvalue weighted by Crippen LogP contribution is 2.02. The number of nitrogens with one attached hydrogen (secondary N) is 1. The molecule has 0 aliphatic rings. The van der Waals surface area contributed by atoms with E-state index in [0.29, 0.717) is 13.1 Å². The standard InChI is InChI=1S/C15H23FN2O/c1-3-9-18(10-4-2)12-15(19)17-11-13-5-7-14(16)8-6-13/h5-8H,3-4,9-12H2,1-2H3,(H,17,19). The van der Waals surface area contributed by atoms with Crippen LogP contribution in [-0.2, 0) is 11.3 Å². The van der Waals surface area contributed by atoms with Crippen molar-refractivity contribution >= 4 is 5.91 Å². The molecule has 0 aliphatic heterocycles. The summed E-state index contributed by atoms with van der Waals surface area (Å²) in [6.07, 6.45) is 2.09. The molecule has 19 heavy (non-hydrogen) atoms. The number of halogens is 1. The van der Waals surface area contributed by atoms with E-state index in [1.165, 1.54) is 12.1 Å². The molecule has 0 unspecified atom stereocenters. The largest absolute Gasteiger partial charge is 0.351 e. The minimum absolute atomic E-state index is 0.0197. The first-order valence-corrected chi connectivity index (χ1v) is 6.89. The van der Waals surface area contributed by atoms with Gasteiger partial charge in [0.15, 0.2) is 0 Å². The van der Waals surface area contributed by atoms with Crippen molar-refractivity contribution in [2.75, 3.05) is 19.6 Å². The summed E-state index contributed by atoms with van der Waals surface area (Å²) in [7, 11) is 0. The fraction of sp³-hybridized carbons (Fsp3) is 0.533. The Morgan fingerprint density at radius 2 is 1.74 bits per heavy atom. The molecule has 3 nitrogen and oxygen atoms in total. The topological polar surface area (TPSA) is 32.3 Å². The maximum atomic E-state index is 12.7. The van der Waals surface area contributed by atoms with E-state index in [0.717, 1.165) is 31.5 Å². The average molecular weight is 266 g/mol. The molecule has 0 spiro atoms. The van der Waals surface area contributed by atoms with E-state index < -0.39 is 0 Å². The van der Waals surface area contributed by atoms with Crippen LogP contribution in [0, 0.1) is 5.82 Å². The number of carbonyl (C=O) groups is 1. The summed E-state index contributed by atoms with van der Waals surface area (Å²) in [5.74, 6) is -0.238. The zero-order valence-corrected chi connectivity index (χ0v) is 11.8. The summed E-state index contributed by atoms with van der Waals surface area (Å²) >= 11 is 0. The average Bonchev–Trinajstić information content (AvgIpc) is 2.39. The highest BCUT2D eigenvalue weighted by molar-refractivity contribution is 5.77. The lowest BCUT2D eigenvalue weighted by Gasteiger charge is -2.20. The van der Waals surface area contributed by atoms with Crippen molar-refractivity contribution in [3.05, 3.63) is 35.6 Å². The second-order valence-corrected chi connectivity index (χ2v) is 4.68. The van der Waals surface area contributed by atoms with Gasteiger partial charge in [-0.15, -0.1) is 0 Å². The van der Waals surface area contributed by atoms with Gasteiger partial charge < -0.3 is 5.32 Å². The molecule has 0 radical (unpaired) electrons. The monoisotopic (exact) mass is 266 g/mol. The Hall–Kier alpha value is -1.42. The van der Waals surface area contributed by atoms with Gasteiger partial charge in [-0.25, -0.2) is 4.39 Å². The Labute approximate surface area is 114 Å². The fourth-order valence-electron chi connectivity index (χ4n) is 1.96. The molecule has 106 valence electrons. The molecule has 0 fully saturated rings. The third-order valence-electron chi connectivity index (χ3n) is 2.85. The van der Waals surface area contributed by atoms with Crippen LogP contribution in [0.4, 0.5) is 4.39 Å². The Balaban J connectivity index is 2.35. The molecule has 0 saturated carbocycles. The quantitative estimate of drug-likeness (QED) is 0.784. The van der Waals surface area contributed by atoms with Crippen LogP contribution in [0.25, 0.3) is 0 Å². The van der Waals surface area contributed by atoms with E-state index in [1.54, 1.807) is 12.1 Å². The molecule has 0 aromatic heterocycles. The first-order valence-electron chi connectivity index (χ1n) is 6.89. The SMILES string of the molecule is CCCN(CCC)CC(=O)NCc1ccc(F)cc1. The van der Waals surface area contributed by atoms with Gasteiger partial charge in [0.1, 0.15) is 5.82 Å². The van der Waals surface area contributed by atoms with E-state index in [1.807, 2.05) is 0 Å². The minimum atomic E-state index is -0.257. The van der Waals surface area contributed by atoms with Crippen molar-refractivity contribution in [1.82, 2.24) is 10.2 Å². The third kappa shape index (κ3) is 6.34. The smallest absolute Gasteiger partial charge is 0.234 e. The summed E-state index contributed by atoms with van der Waals surface area (Å²) in [5, 5.41) is 2.86. The molecule has 1 aromatic carbocycles. The maximum Gasteiger partial charge on any atom is 0.234 e. The lowest BCUT2D eigenvalue weighted by atomic mass is 10.2. The fourth-order valence-corrected chi connectivity index (χ4v) is 1.96. The van der Waals surface area contributed by atoms with E-state index in [2.05, 4.69) is 24.1 Å². The third-order valence-corrected chi connectivity index (χ3v) is 2.85.